The molecule has 3 aliphatic heterocycles. The molecular weight excluding hydrogens is 484 g/mol. The van der Waals surface area contributed by atoms with Crippen molar-refractivity contribution in [3.63, 3.8) is 0 Å². The molecule has 0 aromatic heterocycles. The van der Waals surface area contributed by atoms with E-state index in [-0.39, 0.29) is 17.9 Å². The molecule has 2 aromatic carbocycles. The molecule has 6 nitrogen and oxygen atoms in total. The molecule has 37 heavy (non-hydrogen) atoms. The molecule has 0 saturated carbocycles. The number of nitrogens with zero attached hydrogens (tertiary/aromatic N) is 2. The van der Waals surface area contributed by atoms with Crippen LogP contribution in [0.1, 0.15) is 66.9 Å². The highest BCUT2D eigenvalue weighted by Crippen LogP contribution is 2.51. The van der Waals surface area contributed by atoms with Crippen molar-refractivity contribution in [3.8, 4) is 0 Å². The summed E-state index contributed by atoms with van der Waals surface area (Å²) in [6.07, 6.45) is 2.59. The number of carbonyl (C=O) groups excluding carboxylic acids is 2. The Morgan fingerprint density at radius 2 is 1.86 bits per heavy atom. The fourth-order valence-electron chi connectivity index (χ4n) is 5.52. The first-order valence-corrected chi connectivity index (χ1v) is 14.4. The van der Waals surface area contributed by atoms with Crippen molar-refractivity contribution < 1.29 is 19.4 Å². The fraction of sp³-hybridized carbons (Fsp3) is 0.533. The zero-order valence-corrected chi connectivity index (χ0v) is 24.3. The van der Waals surface area contributed by atoms with E-state index in [1.165, 1.54) is 34.8 Å². The lowest BCUT2D eigenvalue weighted by molar-refractivity contribution is -0.163. The van der Waals surface area contributed by atoms with Crippen molar-refractivity contribution in [1.82, 2.24) is 4.90 Å². The number of aliphatic hydroxyl groups excluding tert-OH is 1. The molecule has 202 valence electrons. The van der Waals surface area contributed by atoms with Crippen LogP contribution >= 0.6 is 11.9 Å². The number of esters is 1. The topological polar surface area (TPSA) is 70.1 Å². The van der Waals surface area contributed by atoms with E-state index in [1.807, 2.05) is 20.8 Å². The Morgan fingerprint density at radius 1 is 1.19 bits per heavy atom. The summed E-state index contributed by atoms with van der Waals surface area (Å²) < 4.78 is 7.30. The Morgan fingerprint density at radius 3 is 2.46 bits per heavy atom. The van der Waals surface area contributed by atoms with E-state index in [1.54, 1.807) is 23.8 Å². The van der Waals surface area contributed by atoms with E-state index in [2.05, 4.69) is 55.4 Å². The summed E-state index contributed by atoms with van der Waals surface area (Å²) in [5.74, 6) is -1.21. The Labute approximate surface area is 226 Å². The Balaban J connectivity index is 0.000000711. The highest BCUT2D eigenvalue weighted by Gasteiger charge is 2.60. The molecule has 2 aromatic rings. The number of hydrogen-bond acceptors (Lipinski definition) is 6. The summed E-state index contributed by atoms with van der Waals surface area (Å²) in [4.78, 5) is 28.3. The molecule has 4 unspecified atom stereocenters. The number of aliphatic hydroxyl groups is 1. The van der Waals surface area contributed by atoms with Crippen molar-refractivity contribution in [1.29, 1.82) is 0 Å². The number of fused-ring (bicyclic) bond motifs is 1. The molecule has 0 bridgehead atoms. The van der Waals surface area contributed by atoms with Crippen LogP contribution in [0.25, 0.3) is 10.8 Å². The van der Waals surface area contributed by atoms with Gasteiger partial charge in [-0.1, -0.05) is 72.6 Å². The van der Waals surface area contributed by atoms with E-state index < -0.39 is 18.0 Å². The number of anilines is 1. The molecule has 0 aliphatic carbocycles. The van der Waals surface area contributed by atoms with Crippen LogP contribution in [0.3, 0.4) is 0 Å². The second-order valence-electron chi connectivity index (χ2n) is 9.67. The van der Waals surface area contributed by atoms with Crippen LogP contribution in [-0.2, 0) is 20.7 Å². The SMILES string of the molecule is CC.CCC.CCCc1cc2c3c(cccc3c1)SN2CC1=C(C(=O)OC)N2C(=O)C(C(C)O)C2C1C. The maximum Gasteiger partial charge on any atom is 0.354 e. The van der Waals surface area contributed by atoms with E-state index in [0.717, 1.165) is 24.1 Å². The Hall–Kier alpha value is -2.51. The monoisotopic (exact) mass is 526 g/mol. The summed E-state index contributed by atoms with van der Waals surface area (Å²) in [5.41, 5.74) is 3.70. The number of amides is 1. The molecule has 7 heteroatoms. The van der Waals surface area contributed by atoms with Gasteiger partial charge in [-0.15, -0.1) is 0 Å². The summed E-state index contributed by atoms with van der Waals surface area (Å²) in [5, 5.41) is 12.6. The van der Waals surface area contributed by atoms with Gasteiger partial charge in [0.25, 0.3) is 0 Å². The standard InChI is InChI=1S/C25H28N2O4S.C3H8.C2H6/c1-5-7-15-10-16-8-6-9-19-21(16)18(11-15)26(32-19)12-17-13(2)22-20(14(3)28)24(29)27(22)23(17)25(30)31-4;1-3-2;1-2/h6,8-11,13-14,20,22,28H,5,7,12H2,1-4H3;3H2,1-2H3;1-2H3. The van der Waals surface area contributed by atoms with Gasteiger partial charge in [0.15, 0.2) is 0 Å². The molecule has 1 fully saturated rings. The van der Waals surface area contributed by atoms with Gasteiger partial charge in [0.1, 0.15) is 5.70 Å². The molecule has 3 heterocycles. The van der Waals surface area contributed by atoms with Crippen LogP contribution in [0.4, 0.5) is 5.69 Å². The lowest BCUT2D eigenvalue weighted by Crippen LogP contribution is -2.63. The summed E-state index contributed by atoms with van der Waals surface area (Å²) in [7, 11) is 1.35. The number of rotatable bonds is 6. The van der Waals surface area contributed by atoms with Crippen LogP contribution in [-0.4, -0.2) is 47.7 Å². The quantitative estimate of drug-likeness (QED) is 0.269. The van der Waals surface area contributed by atoms with Crippen molar-refractivity contribution >= 4 is 40.3 Å². The van der Waals surface area contributed by atoms with Crippen LogP contribution in [0.15, 0.2) is 46.5 Å². The van der Waals surface area contributed by atoms with Gasteiger partial charge >= 0.3 is 5.97 Å². The molecule has 3 aliphatic rings. The Bertz CT molecular complexity index is 1180. The highest BCUT2D eigenvalue weighted by atomic mass is 32.2. The zero-order valence-electron chi connectivity index (χ0n) is 23.5. The average Bonchev–Trinajstić information content (AvgIpc) is 3.34. The van der Waals surface area contributed by atoms with Gasteiger partial charge in [0.2, 0.25) is 5.91 Å². The predicted molar refractivity (Wildman–Crippen MR) is 152 cm³/mol. The number of ether oxygens (including phenoxy) is 1. The minimum atomic E-state index is -0.750. The van der Waals surface area contributed by atoms with E-state index in [9.17, 15) is 14.7 Å². The van der Waals surface area contributed by atoms with E-state index in [4.69, 9.17) is 4.74 Å². The normalized spacial score (nSPS) is 22.1. The van der Waals surface area contributed by atoms with Crippen molar-refractivity contribution in [3.05, 3.63) is 47.2 Å². The van der Waals surface area contributed by atoms with Gasteiger partial charge in [0.05, 0.1) is 37.4 Å². The van der Waals surface area contributed by atoms with Gasteiger partial charge in [-0.25, -0.2) is 4.79 Å². The third-order valence-electron chi connectivity index (χ3n) is 7.00. The number of hydrogen-bond donors (Lipinski definition) is 1. The number of aryl methyl sites for hydroxylation is 1. The summed E-state index contributed by atoms with van der Waals surface area (Å²) in [6.45, 7) is 14.6. The van der Waals surface area contributed by atoms with Crippen molar-refractivity contribution in [2.45, 2.75) is 84.8 Å². The maximum atomic E-state index is 12.8. The minimum absolute atomic E-state index is 0.0416. The predicted octanol–water partition coefficient (Wildman–Crippen LogP) is 6.35. The molecule has 0 spiro atoms. The first kappa shape index (κ1) is 29.1. The van der Waals surface area contributed by atoms with Gasteiger partial charge < -0.3 is 19.0 Å². The molecular formula is C30H42N2O4S. The van der Waals surface area contributed by atoms with Crippen LogP contribution < -0.4 is 4.31 Å². The number of β-lactam (4-membered cyclic amide) rings is 1. The van der Waals surface area contributed by atoms with Crippen LogP contribution in [0, 0.1) is 11.8 Å². The van der Waals surface area contributed by atoms with Crippen LogP contribution in [0.2, 0.25) is 0 Å². The number of benzene rings is 2. The molecule has 0 radical (unpaired) electrons. The highest BCUT2D eigenvalue weighted by molar-refractivity contribution is 8.01. The Kier molecular flexibility index (Phi) is 9.70. The molecule has 5 rings (SSSR count). The van der Waals surface area contributed by atoms with Gasteiger partial charge in [-0.05, 0) is 53.9 Å². The minimum Gasteiger partial charge on any atom is -0.464 e. The summed E-state index contributed by atoms with van der Waals surface area (Å²) in [6, 6.07) is 10.7. The number of methoxy groups -OCH3 is 1. The van der Waals surface area contributed by atoms with E-state index >= 15 is 0 Å². The molecule has 4 atom stereocenters. The molecule has 1 amide bonds. The molecule has 1 N–H and O–H groups in total. The second kappa shape index (κ2) is 12.4. The summed E-state index contributed by atoms with van der Waals surface area (Å²) >= 11 is 1.68. The van der Waals surface area contributed by atoms with Gasteiger partial charge in [-0.3, -0.25) is 4.79 Å². The number of carbonyl (C=O) groups is 2. The first-order valence-electron chi connectivity index (χ1n) is 13.6. The fourth-order valence-corrected chi connectivity index (χ4v) is 6.65. The lowest BCUT2D eigenvalue weighted by Gasteiger charge is -2.46. The zero-order chi connectivity index (χ0) is 27.4. The van der Waals surface area contributed by atoms with Crippen molar-refractivity contribution in [2.24, 2.45) is 11.8 Å². The van der Waals surface area contributed by atoms with Crippen LogP contribution in [0.5, 0.6) is 0 Å². The van der Waals surface area contributed by atoms with Gasteiger partial charge in [-0.2, -0.15) is 0 Å². The van der Waals surface area contributed by atoms with Crippen molar-refractivity contribution in [2.75, 3.05) is 18.0 Å². The molecule has 1 saturated heterocycles. The maximum absolute atomic E-state index is 12.8. The lowest BCUT2D eigenvalue weighted by atomic mass is 9.78. The largest absolute Gasteiger partial charge is 0.464 e. The smallest absolute Gasteiger partial charge is 0.354 e. The second-order valence-corrected chi connectivity index (χ2v) is 10.7. The third kappa shape index (κ3) is 5.13. The first-order chi connectivity index (χ1) is 17.8. The van der Waals surface area contributed by atoms with Gasteiger partial charge in [0, 0.05) is 16.2 Å². The van der Waals surface area contributed by atoms with E-state index in [0.29, 0.717) is 12.2 Å². The third-order valence-corrected chi connectivity index (χ3v) is 8.08. The average molecular weight is 527 g/mol.